The molecule has 5 rings (SSSR count). The molecule has 2 aromatic rings. The maximum atomic E-state index is 12.6. The van der Waals surface area contributed by atoms with Gasteiger partial charge in [-0.15, -0.1) is 10.2 Å². The zero-order valence-electron chi connectivity index (χ0n) is 17.7. The van der Waals surface area contributed by atoms with E-state index in [0.29, 0.717) is 27.4 Å². The molecule has 0 radical (unpaired) electrons. The van der Waals surface area contributed by atoms with Crippen LogP contribution in [0.5, 0.6) is 5.75 Å². The van der Waals surface area contributed by atoms with Gasteiger partial charge in [-0.2, -0.15) is 5.26 Å². The largest absolute Gasteiger partial charge is 0.490 e. The monoisotopic (exact) mass is 452 g/mol. The number of ether oxygens (including phenoxy) is 1. The van der Waals surface area contributed by atoms with E-state index in [2.05, 4.69) is 25.7 Å². The molecule has 1 aromatic heterocycles. The van der Waals surface area contributed by atoms with Crippen LogP contribution in [0, 0.1) is 16.7 Å². The number of carbonyl (C=O) groups excluding carboxylic acids is 1. The first-order valence-corrected chi connectivity index (χ1v) is 11.4. The third kappa shape index (κ3) is 4.23. The number of carbonyl (C=O) groups is 1. The Balaban J connectivity index is 1.08. The van der Waals surface area contributed by atoms with Crippen molar-refractivity contribution in [3.63, 3.8) is 0 Å². The smallest absolute Gasteiger partial charge is 0.272 e. The molecule has 1 saturated carbocycles. The maximum absolute atomic E-state index is 12.6. The summed E-state index contributed by atoms with van der Waals surface area (Å²) in [6, 6.07) is 10.9. The molecule has 1 amide bonds. The van der Waals surface area contributed by atoms with Crippen LogP contribution < -0.4 is 20.3 Å². The van der Waals surface area contributed by atoms with E-state index in [0.717, 1.165) is 57.7 Å². The van der Waals surface area contributed by atoms with Crippen molar-refractivity contribution in [1.82, 2.24) is 20.8 Å². The fraction of sp³-hybridized carbons (Fsp3) is 0.478. The van der Waals surface area contributed by atoms with Crippen molar-refractivity contribution in [2.24, 2.45) is 5.41 Å². The standard InChI is InChI=1S/C23H25ClN6O2/c24-19-9-18(4-1-15(19)10-25)32-17-5-2-16(3-6-17)27-22(31)20-7-8-21(29-28-20)30-13-23(14-30)11-26-12-23/h1,4,7-9,16-17,26H,2-3,5-6,11-14H2,(H,27,31). The lowest BCUT2D eigenvalue weighted by Crippen LogP contribution is -2.71. The van der Waals surface area contributed by atoms with Gasteiger partial charge >= 0.3 is 0 Å². The van der Waals surface area contributed by atoms with Crippen molar-refractivity contribution in [2.45, 2.75) is 37.8 Å². The van der Waals surface area contributed by atoms with Gasteiger partial charge in [0.2, 0.25) is 0 Å². The Morgan fingerprint density at radius 3 is 2.56 bits per heavy atom. The molecule has 1 spiro atoms. The molecule has 2 saturated heterocycles. The van der Waals surface area contributed by atoms with Gasteiger partial charge in [-0.25, -0.2) is 0 Å². The van der Waals surface area contributed by atoms with E-state index in [9.17, 15) is 4.79 Å². The van der Waals surface area contributed by atoms with Crippen molar-refractivity contribution in [3.8, 4) is 11.8 Å². The van der Waals surface area contributed by atoms with Gasteiger partial charge < -0.3 is 20.3 Å². The molecule has 166 valence electrons. The van der Waals surface area contributed by atoms with Crippen LogP contribution in [0.4, 0.5) is 5.82 Å². The highest BCUT2D eigenvalue weighted by molar-refractivity contribution is 6.31. The Labute approximate surface area is 191 Å². The molecule has 8 nitrogen and oxygen atoms in total. The predicted octanol–water partition coefficient (Wildman–Crippen LogP) is 2.53. The molecule has 3 heterocycles. The van der Waals surface area contributed by atoms with E-state index >= 15 is 0 Å². The number of halogens is 1. The molecule has 1 aromatic carbocycles. The third-order valence-electron chi connectivity index (χ3n) is 6.63. The van der Waals surface area contributed by atoms with Crippen molar-refractivity contribution < 1.29 is 9.53 Å². The number of aromatic nitrogens is 2. The summed E-state index contributed by atoms with van der Waals surface area (Å²) >= 11 is 6.08. The normalized spacial score (nSPS) is 23.6. The predicted molar refractivity (Wildman–Crippen MR) is 120 cm³/mol. The second kappa shape index (κ2) is 8.57. The summed E-state index contributed by atoms with van der Waals surface area (Å²) in [5.74, 6) is 1.31. The van der Waals surface area contributed by atoms with Crippen LogP contribution in [0.1, 0.15) is 41.7 Å². The van der Waals surface area contributed by atoms with Crippen molar-refractivity contribution >= 4 is 23.3 Å². The van der Waals surface area contributed by atoms with Crippen molar-refractivity contribution in [3.05, 3.63) is 46.6 Å². The van der Waals surface area contributed by atoms with E-state index in [4.69, 9.17) is 21.6 Å². The van der Waals surface area contributed by atoms with Gasteiger partial charge in [-0.05, 0) is 49.9 Å². The number of nitrogens with one attached hydrogen (secondary N) is 2. The van der Waals surface area contributed by atoms with Gasteiger partial charge in [0.15, 0.2) is 11.5 Å². The number of hydrogen-bond donors (Lipinski definition) is 2. The SMILES string of the molecule is N#Cc1ccc(OC2CCC(NC(=O)c3ccc(N4CC5(CNC5)C4)nn3)CC2)cc1Cl. The number of benzene rings is 1. The van der Waals surface area contributed by atoms with Gasteiger partial charge in [0, 0.05) is 43.7 Å². The average molecular weight is 453 g/mol. The molecular weight excluding hydrogens is 428 g/mol. The minimum atomic E-state index is -0.185. The first-order valence-electron chi connectivity index (χ1n) is 11.0. The maximum Gasteiger partial charge on any atom is 0.272 e. The van der Waals surface area contributed by atoms with Crippen LogP contribution >= 0.6 is 11.6 Å². The highest BCUT2D eigenvalue weighted by atomic mass is 35.5. The Morgan fingerprint density at radius 1 is 1.19 bits per heavy atom. The average Bonchev–Trinajstić information content (AvgIpc) is 2.74. The van der Waals surface area contributed by atoms with Crippen molar-refractivity contribution in [2.75, 3.05) is 31.1 Å². The number of hydrogen-bond acceptors (Lipinski definition) is 7. The van der Waals surface area contributed by atoms with E-state index in [-0.39, 0.29) is 18.1 Å². The molecule has 0 bridgehead atoms. The van der Waals surface area contributed by atoms with E-state index in [1.54, 1.807) is 24.3 Å². The van der Waals surface area contributed by atoms with Gasteiger partial charge in [-0.1, -0.05) is 11.6 Å². The molecule has 3 aliphatic rings. The second-order valence-corrected chi connectivity index (χ2v) is 9.46. The van der Waals surface area contributed by atoms with Crippen LogP contribution in [0.25, 0.3) is 0 Å². The Kier molecular flexibility index (Phi) is 5.62. The summed E-state index contributed by atoms with van der Waals surface area (Å²) in [5, 5.41) is 24.2. The highest BCUT2D eigenvalue weighted by Gasteiger charge is 2.48. The Bertz CT molecular complexity index is 1030. The van der Waals surface area contributed by atoms with Crippen LogP contribution in [0.15, 0.2) is 30.3 Å². The van der Waals surface area contributed by atoms with Crippen LogP contribution in [-0.4, -0.2) is 54.4 Å². The Morgan fingerprint density at radius 2 is 1.97 bits per heavy atom. The lowest BCUT2D eigenvalue weighted by molar-refractivity contribution is 0.0887. The molecule has 2 N–H and O–H groups in total. The van der Waals surface area contributed by atoms with Gasteiger partial charge in [0.1, 0.15) is 11.8 Å². The number of anilines is 1. The summed E-state index contributed by atoms with van der Waals surface area (Å²) in [6.07, 6.45) is 3.39. The first-order chi connectivity index (χ1) is 15.5. The highest BCUT2D eigenvalue weighted by Crippen LogP contribution is 2.36. The summed E-state index contributed by atoms with van der Waals surface area (Å²) in [5.41, 5.74) is 1.21. The minimum Gasteiger partial charge on any atom is -0.490 e. The summed E-state index contributed by atoms with van der Waals surface area (Å²) in [6.45, 7) is 4.15. The van der Waals surface area contributed by atoms with Gasteiger partial charge in [0.25, 0.3) is 5.91 Å². The van der Waals surface area contributed by atoms with E-state index in [1.807, 2.05) is 12.1 Å². The van der Waals surface area contributed by atoms with Crippen molar-refractivity contribution in [1.29, 1.82) is 5.26 Å². The van der Waals surface area contributed by atoms with Crippen LogP contribution in [0.3, 0.4) is 0 Å². The summed E-state index contributed by atoms with van der Waals surface area (Å²) < 4.78 is 6.01. The van der Waals surface area contributed by atoms with E-state index in [1.165, 1.54) is 0 Å². The van der Waals surface area contributed by atoms with E-state index < -0.39 is 0 Å². The quantitative estimate of drug-likeness (QED) is 0.718. The van der Waals surface area contributed by atoms with Crippen LogP contribution in [0.2, 0.25) is 5.02 Å². The fourth-order valence-electron chi connectivity index (χ4n) is 4.68. The zero-order chi connectivity index (χ0) is 22.1. The topological polar surface area (TPSA) is 103 Å². The lowest BCUT2D eigenvalue weighted by atomic mass is 9.74. The number of nitrogens with zero attached hydrogens (tertiary/aromatic N) is 4. The molecule has 9 heteroatoms. The van der Waals surface area contributed by atoms with Gasteiger partial charge in [0.05, 0.1) is 16.7 Å². The zero-order valence-corrected chi connectivity index (χ0v) is 18.4. The molecule has 0 unspecified atom stereocenters. The third-order valence-corrected chi connectivity index (χ3v) is 6.95. The minimum absolute atomic E-state index is 0.0666. The molecule has 32 heavy (non-hydrogen) atoms. The molecule has 2 aliphatic heterocycles. The van der Waals surface area contributed by atoms with Gasteiger partial charge in [-0.3, -0.25) is 4.79 Å². The lowest BCUT2D eigenvalue weighted by Gasteiger charge is -2.56. The fourth-order valence-corrected chi connectivity index (χ4v) is 4.89. The summed E-state index contributed by atoms with van der Waals surface area (Å²) in [4.78, 5) is 14.8. The number of nitriles is 1. The molecular formula is C23H25ClN6O2. The molecule has 0 atom stereocenters. The molecule has 1 aliphatic carbocycles. The Hall–Kier alpha value is -2.89. The molecule has 3 fully saturated rings. The van der Waals surface area contributed by atoms with Crippen LogP contribution in [-0.2, 0) is 0 Å². The number of rotatable bonds is 5. The second-order valence-electron chi connectivity index (χ2n) is 9.05. The first kappa shape index (κ1) is 21.0. The summed E-state index contributed by atoms with van der Waals surface area (Å²) in [7, 11) is 0. The number of amides is 1.